The summed E-state index contributed by atoms with van der Waals surface area (Å²) in [5.74, 6) is 1.07. The summed E-state index contributed by atoms with van der Waals surface area (Å²) in [6.07, 6.45) is 5.80. The molecule has 0 N–H and O–H groups in total. The molecule has 2 aliphatic rings. The standard InChI is InChI=1S/C8H12.Na.H/c1-6-4-7-2-3-8(6)5-7;;/h7H,2-5H2,1H3;;/q;+1;-1. The minimum Gasteiger partial charge on any atom is -1.00 e. The normalized spacial score (nSPS) is 31.0. The summed E-state index contributed by atoms with van der Waals surface area (Å²) in [5.41, 5.74) is 3.50. The van der Waals surface area contributed by atoms with Gasteiger partial charge in [0.15, 0.2) is 0 Å². The molecule has 46 valence electrons. The molecule has 0 nitrogen and oxygen atoms in total. The van der Waals surface area contributed by atoms with Crippen LogP contribution < -0.4 is 29.6 Å². The van der Waals surface area contributed by atoms with Crippen LogP contribution in [0.4, 0.5) is 0 Å². The number of allylic oxidation sites excluding steroid dienone is 2. The zero-order valence-corrected chi connectivity index (χ0v) is 8.41. The van der Waals surface area contributed by atoms with Crippen LogP contribution in [0.1, 0.15) is 34.0 Å². The molecule has 0 aromatic carbocycles. The van der Waals surface area contributed by atoms with Crippen LogP contribution in [0, 0.1) is 5.92 Å². The average molecular weight is 132 g/mol. The second-order valence-electron chi connectivity index (χ2n) is 3.20. The predicted octanol–water partition coefficient (Wildman–Crippen LogP) is -0.377. The molecule has 0 amide bonds. The SMILES string of the molecule is CC1=C2CCC(C1)C2.[H-].[Na+]. The summed E-state index contributed by atoms with van der Waals surface area (Å²) in [7, 11) is 0. The fourth-order valence-electron chi connectivity index (χ4n) is 2.07. The fraction of sp³-hybridized carbons (Fsp3) is 0.750. The third kappa shape index (κ3) is 1.26. The van der Waals surface area contributed by atoms with Gasteiger partial charge in [-0.1, -0.05) is 11.1 Å². The summed E-state index contributed by atoms with van der Waals surface area (Å²) in [5, 5.41) is 0. The van der Waals surface area contributed by atoms with Crippen molar-refractivity contribution in [3.8, 4) is 0 Å². The van der Waals surface area contributed by atoms with E-state index in [0.717, 1.165) is 5.92 Å². The third-order valence-corrected chi connectivity index (χ3v) is 2.59. The van der Waals surface area contributed by atoms with E-state index in [0.29, 0.717) is 0 Å². The van der Waals surface area contributed by atoms with Crippen molar-refractivity contribution in [3.63, 3.8) is 0 Å². The topological polar surface area (TPSA) is 0 Å². The van der Waals surface area contributed by atoms with E-state index in [1.165, 1.54) is 25.7 Å². The van der Waals surface area contributed by atoms with Gasteiger partial charge < -0.3 is 1.43 Å². The van der Waals surface area contributed by atoms with Gasteiger partial charge in [-0.25, -0.2) is 0 Å². The minimum atomic E-state index is 0. The van der Waals surface area contributed by atoms with E-state index in [4.69, 9.17) is 0 Å². The molecule has 1 unspecified atom stereocenters. The first-order valence-corrected chi connectivity index (χ1v) is 3.54. The molecule has 1 atom stereocenters. The predicted molar refractivity (Wildman–Crippen MR) is 35.8 cm³/mol. The van der Waals surface area contributed by atoms with Crippen LogP contribution in [0.25, 0.3) is 0 Å². The smallest absolute Gasteiger partial charge is 1.00 e. The molecule has 0 aliphatic heterocycles. The van der Waals surface area contributed by atoms with Crippen LogP contribution in [0.5, 0.6) is 0 Å². The van der Waals surface area contributed by atoms with Gasteiger partial charge in [0, 0.05) is 0 Å². The van der Waals surface area contributed by atoms with E-state index in [-0.39, 0.29) is 31.0 Å². The molecule has 1 fully saturated rings. The zero-order chi connectivity index (χ0) is 5.56. The summed E-state index contributed by atoms with van der Waals surface area (Å²) < 4.78 is 0. The Kier molecular flexibility index (Phi) is 2.42. The van der Waals surface area contributed by atoms with E-state index >= 15 is 0 Å². The van der Waals surface area contributed by atoms with Crippen molar-refractivity contribution in [3.05, 3.63) is 11.1 Å². The summed E-state index contributed by atoms with van der Waals surface area (Å²) >= 11 is 0. The maximum Gasteiger partial charge on any atom is 1.00 e. The molecule has 0 aromatic heterocycles. The number of rotatable bonds is 0. The van der Waals surface area contributed by atoms with E-state index in [1.807, 2.05) is 0 Å². The van der Waals surface area contributed by atoms with Crippen LogP contribution in [-0.4, -0.2) is 0 Å². The van der Waals surface area contributed by atoms with Gasteiger partial charge >= 0.3 is 29.6 Å². The van der Waals surface area contributed by atoms with Crippen LogP contribution in [0.2, 0.25) is 0 Å². The van der Waals surface area contributed by atoms with Gasteiger partial charge in [0.25, 0.3) is 0 Å². The molecule has 2 bridgehead atoms. The number of fused-ring (bicyclic) bond motifs is 2. The fourth-order valence-corrected chi connectivity index (χ4v) is 2.07. The quantitative estimate of drug-likeness (QED) is 0.311. The Bertz CT molecular complexity index is 149. The Morgan fingerprint density at radius 1 is 1.44 bits per heavy atom. The first-order chi connectivity index (χ1) is 3.86. The van der Waals surface area contributed by atoms with Crippen molar-refractivity contribution in [1.29, 1.82) is 0 Å². The molecule has 2 rings (SSSR count). The van der Waals surface area contributed by atoms with Crippen molar-refractivity contribution in [2.24, 2.45) is 5.92 Å². The van der Waals surface area contributed by atoms with Gasteiger partial charge in [-0.15, -0.1) is 0 Å². The van der Waals surface area contributed by atoms with Crippen molar-refractivity contribution >= 4 is 0 Å². The molecule has 0 radical (unpaired) electrons. The van der Waals surface area contributed by atoms with Crippen LogP contribution in [0.3, 0.4) is 0 Å². The Morgan fingerprint density at radius 3 is 2.44 bits per heavy atom. The maximum absolute atomic E-state index is 2.30. The van der Waals surface area contributed by atoms with Gasteiger partial charge in [0.2, 0.25) is 0 Å². The van der Waals surface area contributed by atoms with E-state index in [2.05, 4.69) is 6.92 Å². The van der Waals surface area contributed by atoms with Gasteiger partial charge in [-0.3, -0.25) is 0 Å². The summed E-state index contributed by atoms with van der Waals surface area (Å²) in [4.78, 5) is 0. The Labute approximate surface area is 80.5 Å². The van der Waals surface area contributed by atoms with Gasteiger partial charge in [0.05, 0.1) is 0 Å². The molecular weight excluding hydrogens is 119 g/mol. The van der Waals surface area contributed by atoms with E-state index in [9.17, 15) is 0 Å². The summed E-state index contributed by atoms with van der Waals surface area (Å²) in [6, 6.07) is 0. The van der Waals surface area contributed by atoms with Crippen molar-refractivity contribution in [2.75, 3.05) is 0 Å². The molecule has 0 spiro atoms. The zero-order valence-electron chi connectivity index (χ0n) is 7.41. The van der Waals surface area contributed by atoms with Crippen molar-refractivity contribution < 1.29 is 31.0 Å². The van der Waals surface area contributed by atoms with Crippen molar-refractivity contribution in [2.45, 2.75) is 32.6 Å². The van der Waals surface area contributed by atoms with Crippen LogP contribution >= 0.6 is 0 Å². The summed E-state index contributed by atoms with van der Waals surface area (Å²) in [6.45, 7) is 2.30. The van der Waals surface area contributed by atoms with Crippen LogP contribution in [-0.2, 0) is 0 Å². The van der Waals surface area contributed by atoms with E-state index < -0.39 is 0 Å². The van der Waals surface area contributed by atoms with Crippen LogP contribution in [0.15, 0.2) is 11.1 Å². The second kappa shape index (κ2) is 2.77. The molecule has 9 heavy (non-hydrogen) atoms. The molecule has 1 saturated carbocycles. The molecular formula is C8H13Na. The molecule has 0 saturated heterocycles. The number of hydrogen-bond acceptors (Lipinski definition) is 0. The molecule has 2 aliphatic carbocycles. The van der Waals surface area contributed by atoms with Gasteiger partial charge in [-0.05, 0) is 38.5 Å². The first kappa shape index (κ1) is 7.84. The maximum atomic E-state index is 2.30. The van der Waals surface area contributed by atoms with E-state index in [1.54, 1.807) is 11.1 Å². The van der Waals surface area contributed by atoms with Gasteiger partial charge in [-0.2, -0.15) is 0 Å². The average Bonchev–Trinajstić information content (AvgIpc) is 2.23. The third-order valence-electron chi connectivity index (χ3n) is 2.59. The Balaban J connectivity index is 0.000000405. The Hall–Kier alpha value is 0.740. The van der Waals surface area contributed by atoms with Crippen molar-refractivity contribution in [1.82, 2.24) is 0 Å². The molecule has 0 aromatic rings. The first-order valence-electron chi connectivity index (χ1n) is 3.54. The number of hydrogen-bond donors (Lipinski definition) is 0. The largest absolute Gasteiger partial charge is 1.00 e. The molecule has 0 heterocycles. The van der Waals surface area contributed by atoms with Gasteiger partial charge in [0.1, 0.15) is 0 Å². The minimum absolute atomic E-state index is 0. The Morgan fingerprint density at radius 2 is 2.22 bits per heavy atom. The second-order valence-corrected chi connectivity index (χ2v) is 3.20. The monoisotopic (exact) mass is 132 g/mol. The molecule has 1 heteroatoms.